The van der Waals surface area contributed by atoms with Gasteiger partial charge in [0.25, 0.3) is 0 Å². The van der Waals surface area contributed by atoms with Crippen molar-refractivity contribution in [2.75, 3.05) is 6.54 Å². The first kappa shape index (κ1) is 26.9. The van der Waals surface area contributed by atoms with Crippen molar-refractivity contribution in [1.29, 1.82) is 0 Å². The number of aryl methyl sites for hydroxylation is 1. The number of benzene rings is 3. The molecule has 4 rings (SSSR count). The Morgan fingerprint density at radius 1 is 0.833 bits per heavy atom. The minimum Gasteiger partial charge on any atom is -0.297 e. The largest absolute Gasteiger partial charge is 0.297 e. The maximum Gasteiger partial charge on any atom is 0.204 e. The molecule has 0 aliphatic rings. The molecule has 1 aromatic heterocycles. The average Bonchev–Trinajstić information content (AvgIpc) is 3.25. The van der Waals surface area contributed by atoms with E-state index in [2.05, 4.69) is 51.0 Å². The molecule has 4 aromatic rings. The maximum atomic E-state index is 14.3. The minimum absolute atomic E-state index is 0.551. The molecule has 0 saturated heterocycles. The normalized spacial score (nSPS) is 12.7. The number of halogens is 1. The average molecular weight is 536 g/mol. The number of hydrogen-bond donors (Lipinski definition) is 1. The molecular weight excluding hydrogens is 501 g/mol. The molecule has 36 heavy (non-hydrogen) atoms. The predicted octanol–water partition coefficient (Wildman–Crippen LogP) is 8.12. The molecule has 1 unspecified atom stereocenters. The van der Waals surface area contributed by atoms with Crippen molar-refractivity contribution in [3.63, 3.8) is 0 Å². The van der Waals surface area contributed by atoms with Crippen LogP contribution in [0.2, 0.25) is 5.02 Å². The quantitative estimate of drug-likeness (QED) is 0.208. The van der Waals surface area contributed by atoms with E-state index in [0.717, 1.165) is 28.5 Å². The number of rotatable bonds is 10. The lowest BCUT2D eigenvalue weighted by Gasteiger charge is -2.21. The van der Waals surface area contributed by atoms with Crippen molar-refractivity contribution in [1.82, 2.24) is 5.09 Å². The van der Waals surface area contributed by atoms with Gasteiger partial charge in [0.1, 0.15) is 0 Å². The van der Waals surface area contributed by atoms with Crippen LogP contribution < -0.4 is 15.7 Å². The summed E-state index contributed by atoms with van der Waals surface area (Å²) < 4.78 is 14.3. The molecule has 0 bridgehead atoms. The van der Waals surface area contributed by atoms with Crippen LogP contribution in [0.1, 0.15) is 53.1 Å². The van der Waals surface area contributed by atoms with Gasteiger partial charge in [-0.1, -0.05) is 74.8 Å². The minimum atomic E-state index is -2.95. The van der Waals surface area contributed by atoms with E-state index in [-0.39, 0.29) is 0 Å². The molecule has 1 atom stereocenters. The molecule has 3 aromatic carbocycles. The third kappa shape index (κ3) is 6.21. The van der Waals surface area contributed by atoms with E-state index in [1.807, 2.05) is 78.1 Å². The van der Waals surface area contributed by atoms with Gasteiger partial charge in [-0.05, 0) is 90.8 Å². The fraction of sp³-hybridized carbons (Fsp3) is 0.290. The summed E-state index contributed by atoms with van der Waals surface area (Å²) in [7, 11) is -2.95. The van der Waals surface area contributed by atoms with Gasteiger partial charge < -0.3 is 0 Å². The highest BCUT2D eigenvalue weighted by Gasteiger charge is 2.26. The van der Waals surface area contributed by atoms with Crippen LogP contribution >= 0.6 is 30.2 Å². The monoisotopic (exact) mass is 535 g/mol. The van der Waals surface area contributed by atoms with E-state index in [1.54, 1.807) is 0 Å². The van der Waals surface area contributed by atoms with Crippen LogP contribution in [0.5, 0.6) is 0 Å². The molecule has 0 amide bonds. The van der Waals surface area contributed by atoms with Gasteiger partial charge in [-0.3, -0.25) is 9.65 Å². The van der Waals surface area contributed by atoms with Crippen molar-refractivity contribution in [3.05, 3.63) is 116 Å². The van der Waals surface area contributed by atoms with Gasteiger partial charge in [0.15, 0.2) is 0 Å². The van der Waals surface area contributed by atoms with Crippen LogP contribution in [0.4, 0.5) is 0 Å². The fourth-order valence-electron chi connectivity index (χ4n) is 4.44. The summed E-state index contributed by atoms with van der Waals surface area (Å²) in [5, 5.41) is 5.86. The molecule has 0 radical (unpaired) electrons. The second-order valence-electron chi connectivity index (χ2n) is 9.79. The summed E-state index contributed by atoms with van der Waals surface area (Å²) in [6.07, 6.45) is 1.63. The van der Waals surface area contributed by atoms with E-state index < -0.39 is 7.29 Å². The summed E-state index contributed by atoms with van der Waals surface area (Å²) in [5.41, 5.74) is 3.85. The van der Waals surface area contributed by atoms with E-state index in [4.69, 9.17) is 11.6 Å². The molecule has 1 N–H and O–H groups in total. The van der Waals surface area contributed by atoms with Crippen LogP contribution in [-0.4, -0.2) is 6.54 Å². The molecule has 0 aliphatic carbocycles. The molecule has 0 fully saturated rings. The Bertz CT molecular complexity index is 1290. The van der Waals surface area contributed by atoms with Gasteiger partial charge in [-0.25, -0.2) is 0 Å². The molecule has 1 heterocycles. The molecule has 0 spiro atoms. The van der Waals surface area contributed by atoms with Gasteiger partial charge >= 0.3 is 0 Å². The lowest BCUT2D eigenvalue weighted by molar-refractivity contribution is 0.542. The first-order valence-electron chi connectivity index (χ1n) is 12.6. The van der Waals surface area contributed by atoms with Crippen molar-refractivity contribution in [2.45, 2.75) is 46.5 Å². The van der Waals surface area contributed by atoms with Crippen LogP contribution in [0.25, 0.3) is 0 Å². The van der Waals surface area contributed by atoms with Gasteiger partial charge in [0, 0.05) is 31.9 Å². The molecule has 0 saturated carbocycles. The van der Waals surface area contributed by atoms with E-state index in [1.165, 1.54) is 26.4 Å². The Morgan fingerprint density at radius 2 is 1.44 bits per heavy atom. The van der Waals surface area contributed by atoms with Gasteiger partial charge in [-0.2, -0.15) is 0 Å². The lowest BCUT2D eigenvalue weighted by Crippen LogP contribution is -2.29. The first-order chi connectivity index (χ1) is 17.3. The molecule has 0 aliphatic heterocycles. The summed E-state index contributed by atoms with van der Waals surface area (Å²) in [6.45, 7) is 9.70. The van der Waals surface area contributed by atoms with Crippen LogP contribution in [-0.2, 0) is 17.4 Å². The van der Waals surface area contributed by atoms with Crippen LogP contribution in [0.15, 0.2) is 84.9 Å². The summed E-state index contributed by atoms with van der Waals surface area (Å²) in [5.74, 6) is 1.17. The number of thiophene rings is 1. The Kier molecular flexibility index (Phi) is 8.91. The van der Waals surface area contributed by atoms with Crippen molar-refractivity contribution in [2.24, 2.45) is 5.92 Å². The fourth-order valence-corrected chi connectivity index (χ4v) is 8.18. The Labute approximate surface area is 225 Å². The molecule has 2 nitrogen and oxygen atoms in total. The molecule has 188 valence electrons. The maximum absolute atomic E-state index is 14.3. The number of nitrogens with one attached hydrogen (secondary N) is 1. The zero-order valence-electron chi connectivity index (χ0n) is 21.5. The van der Waals surface area contributed by atoms with Crippen LogP contribution in [0, 0.1) is 12.8 Å². The zero-order valence-corrected chi connectivity index (χ0v) is 24.0. The Morgan fingerprint density at radius 3 is 2.03 bits per heavy atom. The highest BCUT2D eigenvalue weighted by atomic mass is 35.5. The SMILES string of the molecule is Cc1sc(C(C)C(C)C)cc1Cc1cc(Cl)ccc1CCNP(=O)(c1ccccc1)c1ccccc1. The van der Waals surface area contributed by atoms with E-state index >= 15 is 0 Å². The van der Waals surface area contributed by atoms with Gasteiger partial charge in [-0.15, -0.1) is 11.3 Å². The summed E-state index contributed by atoms with van der Waals surface area (Å²) >= 11 is 8.34. The zero-order chi connectivity index (χ0) is 25.7. The smallest absolute Gasteiger partial charge is 0.204 e. The highest BCUT2D eigenvalue weighted by molar-refractivity contribution is 7.76. The van der Waals surface area contributed by atoms with Crippen molar-refractivity contribution >= 4 is 40.8 Å². The Balaban J connectivity index is 1.55. The second kappa shape index (κ2) is 11.9. The van der Waals surface area contributed by atoms with Gasteiger partial charge in [0.2, 0.25) is 7.29 Å². The summed E-state index contributed by atoms with van der Waals surface area (Å²) in [4.78, 5) is 2.83. The second-order valence-corrected chi connectivity index (χ2v) is 14.1. The molecule has 5 heteroatoms. The standard InChI is InChI=1S/C31H35ClNOPS/c1-22(2)23(3)31-21-26(24(4)36-31)19-27-20-28(32)16-15-25(27)17-18-33-35(34,29-11-7-5-8-12-29)30-13-9-6-10-14-30/h5-16,20-23H,17-19H2,1-4H3,(H,33,34). The van der Waals surface area contributed by atoms with Crippen LogP contribution in [0.3, 0.4) is 0 Å². The lowest BCUT2D eigenvalue weighted by atomic mass is 9.94. The predicted molar refractivity (Wildman–Crippen MR) is 158 cm³/mol. The molecular formula is C31H35ClNOPS. The topological polar surface area (TPSA) is 29.1 Å². The van der Waals surface area contributed by atoms with E-state index in [9.17, 15) is 4.57 Å². The van der Waals surface area contributed by atoms with Crippen molar-refractivity contribution in [3.8, 4) is 0 Å². The summed E-state index contributed by atoms with van der Waals surface area (Å²) in [6, 6.07) is 28.0. The Hall–Kier alpha value is -2.16. The highest BCUT2D eigenvalue weighted by Crippen LogP contribution is 2.38. The first-order valence-corrected chi connectivity index (χ1v) is 15.5. The van der Waals surface area contributed by atoms with E-state index in [0.29, 0.717) is 18.4 Å². The number of hydrogen-bond acceptors (Lipinski definition) is 2. The third-order valence-electron chi connectivity index (χ3n) is 7.01. The third-order valence-corrected chi connectivity index (χ3v) is 11.3. The van der Waals surface area contributed by atoms with Crippen molar-refractivity contribution < 1.29 is 4.57 Å². The van der Waals surface area contributed by atoms with Gasteiger partial charge in [0.05, 0.1) is 0 Å².